The van der Waals surface area contributed by atoms with Crippen molar-refractivity contribution in [2.45, 2.75) is 33.4 Å². The first-order chi connectivity index (χ1) is 22.8. The maximum absolute atomic E-state index is 14.0. The third-order valence-corrected chi connectivity index (χ3v) is 8.17. The Morgan fingerprint density at radius 1 is 0.872 bits per heavy atom. The molecule has 0 saturated heterocycles. The maximum atomic E-state index is 14.0. The Kier molecular flexibility index (Phi) is 10.4. The van der Waals surface area contributed by atoms with Crippen LogP contribution in [0.25, 0.3) is 6.08 Å². The smallest absolute Gasteiger partial charge is 0.337 e. The van der Waals surface area contributed by atoms with Crippen LogP contribution in [0.1, 0.15) is 53.9 Å². The van der Waals surface area contributed by atoms with Gasteiger partial charge in [0.15, 0.2) is 27.8 Å². The monoisotopic (exact) mass is 658 g/mol. The Morgan fingerprint density at radius 3 is 2.17 bits per heavy atom. The molecule has 0 spiro atoms. The molecule has 0 radical (unpaired) electrons. The highest BCUT2D eigenvalue weighted by molar-refractivity contribution is 7.07. The van der Waals surface area contributed by atoms with Gasteiger partial charge in [-0.25, -0.2) is 14.6 Å². The minimum atomic E-state index is -0.995. The Bertz CT molecular complexity index is 1990. The van der Waals surface area contributed by atoms with E-state index in [-0.39, 0.29) is 23.3 Å². The summed E-state index contributed by atoms with van der Waals surface area (Å²) in [6.45, 7) is 7.04. The molecule has 5 rings (SSSR count). The molecule has 1 aliphatic heterocycles. The van der Waals surface area contributed by atoms with Crippen molar-refractivity contribution in [1.29, 1.82) is 0 Å². The lowest BCUT2D eigenvalue weighted by molar-refractivity contribution is -0.136. The number of thiazole rings is 1. The van der Waals surface area contributed by atoms with E-state index >= 15 is 0 Å². The number of aromatic carboxylic acids is 1. The highest BCUT2D eigenvalue weighted by atomic mass is 32.1. The molecule has 11 nitrogen and oxygen atoms in total. The quantitative estimate of drug-likeness (QED) is 0.206. The number of benzene rings is 3. The van der Waals surface area contributed by atoms with E-state index in [1.54, 1.807) is 48.5 Å². The van der Waals surface area contributed by atoms with Crippen LogP contribution in [-0.2, 0) is 16.1 Å². The number of hydrogen-bond donors (Lipinski definition) is 1. The Labute approximate surface area is 274 Å². The largest absolute Gasteiger partial charge is 0.490 e. The number of carbonyl (C=O) groups is 2. The molecule has 12 heteroatoms. The summed E-state index contributed by atoms with van der Waals surface area (Å²) < 4.78 is 30.3. The van der Waals surface area contributed by atoms with Crippen LogP contribution >= 0.6 is 11.3 Å². The van der Waals surface area contributed by atoms with Gasteiger partial charge >= 0.3 is 11.9 Å². The van der Waals surface area contributed by atoms with Gasteiger partial charge in [0.1, 0.15) is 6.61 Å². The molecule has 4 aromatic rings. The average Bonchev–Trinajstić information content (AvgIpc) is 3.39. The molecule has 244 valence electrons. The maximum Gasteiger partial charge on any atom is 0.337 e. The van der Waals surface area contributed by atoms with Crippen LogP contribution in [0.3, 0.4) is 0 Å². The molecule has 0 fully saturated rings. The Balaban J connectivity index is 1.51. The number of carbonyl (C=O) groups excluding carboxylic acids is 1. The zero-order valence-corrected chi connectivity index (χ0v) is 27.2. The number of ether oxygens (including phenoxy) is 5. The molecular formula is C35H34N2O9S. The van der Waals surface area contributed by atoms with Crippen LogP contribution in [0.4, 0.5) is 0 Å². The Morgan fingerprint density at radius 2 is 1.51 bits per heavy atom. The van der Waals surface area contributed by atoms with Crippen molar-refractivity contribution in [3.05, 3.63) is 114 Å². The van der Waals surface area contributed by atoms with Crippen LogP contribution in [0, 0.1) is 0 Å². The van der Waals surface area contributed by atoms with Gasteiger partial charge in [0.25, 0.3) is 5.56 Å². The zero-order valence-electron chi connectivity index (χ0n) is 26.3. The number of fused-ring (bicyclic) bond motifs is 1. The lowest BCUT2D eigenvalue weighted by atomic mass is 9.97. The minimum Gasteiger partial charge on any atom is -0.490 e. The summed E-state index contributed by atoms with van der Waals surface area (Å²) in [5.74, 6) is 0.442. The molecule has 1 aliphatic rings. The second kappa shape index (κ2) is 14.8. The summed E-state index contributed by atoms with van der Waals surface area (Å²) in [5, 5.41) is 9.13. The topological polar surface area (TPSA) is 135 Å². The molecule has 0 aliphatic carbocycles. The van der Waals surface area contributed by atoms with Crippen molar-refractivity contribution in [3.63, 3.8) is 0 Å². The van der Waals surface area contributed by atoms with Crippen LogP contribution in [0.2, 0.25) is 0 Å². The third kappa shape index (κ3) is 7.23. The number of nitrogens with zero attached hydrogens (tertiary/aromatic N) is 2. The average molecular weight is 659 g/mol. The van der Waals surface area contributed by atoms with E-state index in [1.807, 2.05) is 26.8 Å². The van der Waals surface area contributed by atoms with E-state index in [1.165, 1.54) is 41.3 Å². The molecule has 1 N–H and O–H groups in total. The van der Waals surface area contributed by atoms with Crippen LogP contribution in [-0.4, -0.2) is 48.5 Å². The lowest BCUT2D eigenvalue weighted by Crippen LogP contribution is -2.39. The van der Waals surface area contributed by atoms with Crippen molar-refractivity contribution < 1.29 is 38.4 Å². The summed E-state index contributed by atoms with van der Waals surface area (Å²) in [4.78, 5) is 42.9. The van der Waals surface area contributed by atoms with Crippen molar-refractivity contribution in [2.75, 3.05) is 26.9 Å². The predicted octanol–water partition coefficient (Wildman–Crippen LogP) is 4.49. The van der Waals surface area contributed by atoms with E-state index in [9.17, 15) is 14.4 Å². The van der Waals surface area contributed by atoms with Crippen molar-refractivity contribution in [2.24, 2.45) is 4.99 Å². The first kappa shape index (κ1) is 33.0. The molecule has 2 heterocycles. The van der Waals surface area contributed by atoms with Gasteiger partial charge < -0.3 is 28.8 Å². The van der Waals surface area contributed by atoms with Gasteiger partial charge in [-0.15, -0.1) is 0 Å². The van der Waals surface area contributed by atoms with E-state index in [2.05, 4.69) is 4.99 Å². The number of hydrogen-bond acceptors (Lipinski definition) is 10. The van der Waals surface area contributed by atoms with Gasteiger partial charge in [-0.05, 0) is 79.9 Å². The first-order valence-corrected chi connectivity index (χ1v) is 15.8. The molecule has 1 atom stereocenters. The van der Waals surface area contributed by atoms with Crippen LogP contribution in [0.5, 0.6) is 23.0 Å². The van der Waals surface area contributed by atoms with Gasteiger partial charge in [-0.1, -0.05) is 35.6 Å². The number of carboxylic acids is 1. The second-order valence-corrected chi connectivity index (χ2v) is 11.2. The molecule has 0 bridgehead atoms. The molecule has 0 unspecified atom stereocenters. The second-order valence-electron chi connectivity index (χ2n) is 10.2. The fourth-order valence-electron chi connectivity index (χ4n) is 5.05. The van der Waals surface area contributed by atoms with Crippen LogP contribution < -0.4 is 33.8 Å². The highest BCUT2D eigenvalue weighted by Gasteiger charge is 2.31. The normalized spacial score (nSPS) is 14.0. The number of aromatic nitrogens is 1. The zero-order chi connectivity index (χ0) is 33.5. The van der Waals surface area contributed by atoms with E-state index in [4.69, 9.17) is 28.8 Å². The van der Waals surface area contributed by atoms with Crippen molar-refractivity contribution in [3.8, 4) is 23.0 Å². The molecule has 3 aromatic carbocycles. The third-order valence-electron chi connectivity index (χ3n) is 7.17. The van der Waals surface area contributed by atoms with E-state index < -0.39 is 18.0 Å². The summed E-state index contributed by atoms with van der Waals surface area (Å²) in [6, 6.07) is 16.3. The fourth-order valence-corrected chi connectivity index (χ4v) is 6.01. The SMILES string of the molecule is CCOc1ccc([C@H]2C(C(=O)OC)=CN=c3s/c(=C\c4ccc(OCc5ccc(C(=O)O)cc5)c(OCC)c4)c(=O)n32)cc1OCC. The van der Waals surface area contributed by atoms with Gasteiger partial charge in [0.2, 0.25) is 0 Å². The molecular weight excluding hydrogens is 624 g/mol. The minimum absolute atomic E-state index is 0.195. The summed E-state index contributed by atoms with van der Waals surface area (Å²) >= 11 is 1.20. The lowest BCUT2D eigenvalue weighted by Gasteiger charge is -2.23. The fraction of sp³-hybridized carbons (Fsp3) is 0.257. The predicted molar refractivity (Wildman–Crippen MR) is 175 cm³/mol. The Hall–Kier alpha value is -5.36. The molecule has 47 heavy (non-hydrogen) atoms. The van der Waals surface area contributed by atoms with Crippen LogP contribution in [0.15, 0.2) is 82.2 Å². The number of methoxy groups -OCH3 is 1. The summed E-state index contributed by atoms with van der Waals surface area (Å²) in [5.41, 5.74) is 2.19. The molecule has 0 amide bonds. The standard InChI is InChI=1S/C35H34N2O9S/c1-5-43-26-15-13-24(18-29(26)45-7-3)31-25(34(41)42-4)19-36-35-37(31)32(38)30(47-35)17-22-10-14-27(28(16-22)44-6-2)46-20-21-8-11-23(12-9-21)33(39)40/h8-19,31H,5-7,20H2,1-4H3,(H,39,40)/b30-17-/t31-/m0/s1. The van der Waals surface area contributed by atoms with E-state index in [0.717, 1.165) is 5.56 Å². The summed E-state index contributed by atoms with van der Waals surface area (Å²) in [7, 11) is 1.29. The van der Waals surface area contributed by atoms with Gasteiger partial charge in [-0.3, -0.25) is 9.36 Å². The van der Waals surface area contributed by atoms with Gasteiger partial charge in [0, 0.05) is 6.20 Å². The highest BCUT2D eigenvalue weighted by Crippen LogP contribution is 2.35. The molecule has 0 saturated carbocycles. The van der Waals surface area contributed by atoms with Gasteiger partial charge in [-0.2, -0.15) is 0 Å². The van der Waals surface area contributed by atoms with Crippen molar-refractivity contribution in [1.82, 2.24) is 4.57 Å². The first-order valence-electron chi connectivity index (χ1n) is 15.0. The number of rotatable bonds is 13. The van der Waals surface area contributed by atoms with E-state index in [0.29, 0.717) is 63.3 Å². The summed E-state index contributed by atoms with van der Waals surface area (Å²) in [6.07, 6.45) is 3.18. The molecule has 1 aromatic heterocycles. The van der Waals surface area contributed by atoms with Crippen molar-refractivity contribution >= 4 is 29.4 Å². The number of esters is 1. The number of carboxylic acid groups (broad SMARTS) is 1. The van der Waals surface area contributed by atoms with Gasteiger partial charge in [0.05, 0.1) is 48.6 Å².